The SMILES string of the molecule is Cc1cc2c(c3ccccc13)-c1ccc(/C=C(/Cc3cccc(C#N)c3)c3ccccc3-c3ccccc3)cc1C2(C)C. The summed E-state index contributed by atoms with van der Waals surface area (Å²) < 4.78 is 0. The van der Waals surface area contributed by atoms with Gasteiger partial charge in [-0.15, -0.1) is 0 Å². The Morgan fingerprint density at radius 1 is 0.698 bits per heavy atom. The zero-order chi connectivity index (χ0) is 29.6. The van der Waals surface area contributed by atoms with Crippen LogP contribution in [-0.4, -0.2) is 0 Å². The second kappa shape index (κ2) is 10.6. The number of benzene rings is 6. The van der Waals surface area contributed by atoms with Crippen LogP contribution in [0.5, 0.6) is 0 Å². The second-order valence-electron chi connectivity index (χ2n) is 12.2. The van der Waals surface area contributed by atoms with Gasteiger partial charge in [0.2, 0.25) is 0 Å². The summed E-state index contributed by atoms with van der Waals surface area (Å²) in [6.07, 6.45) is 3.08. The van der Waals surface area contributed by atoms with Crippen LogP contribution in [0.2, 0.25) is 0 Å². The van der Waals surface area contributed by atoms with Gasteiger partial charge in [0.1, 0.15) is 0 Å². The number of hydrogen-bond acceptors (Lipinski definition) is 1. The fraction of sp³-hybridized carbons (Fsp3) is 0.119. The van der Waals surface area contributed by atoms with Gasteiger partial charge < -0.3 is 0 Å². The number of nitriles is 1. The van der Waals surface area contributed by atoms with Gasteiger partial charge in [0.25, 0.3) is 0 Å². The molecule has 206 valence electrons. The summed E-state index contributed by atoms with van der Waals surface area (Å²) in [6, 6.07) is 47.8. The van der Waals surface area contributed by atoms with E-state index in [9.17, 15) is 5.26 Å². The van der Waals surface area contributed by atoms with E-state index in [0.717, 1.165) is 12.0 Å². The van der Waals surface area contributed by atoms with E-state index in [0.29, 0.717) is 5.56 Å². The fourth-order valence-corrected chi connectivity index (χ4v) is 6.90. The molecule has 0 spiro atoms. The van der Waals surface area contributed by atoms with E-state index in [-0.39, 0.29) is 5.41 Å². The van der Waals surface area contributed by atoms with Crippen molar-refractivity contribution in [1.29, 1.82) is 5.26 Å². The molecule has 0 fully saturated rings. The number of nitrogens with zero attached hydrogens (tertiary/aromatic N) is 1. The van der Waals surface area contributed by atoms with Crippen molar-refractivity contribution in [3.05, 3.63) is 166 Å². The zero-order valence-electron chi connectivity index (χ0n) is 24.9. The highest BCUT2D eigenvalue weighted by Gasteiger charge is 2.36. The fourth-order valence-electron chi connectivity index (χ4n) is 6.90. The highest BCUT2D eigenvalue weighted by molar-refractivity contribution is 6.04. The van der Waals surface area contributed by atoms with Crippen LogP contribution in [-0.2, 0) is 11.8 Å². The summed E-state index contributed by atoms with van der Waals surface area (Å²) in [4.78, 5) is 0. The molecule has 0 unspecified atom stereocenters. The van der Waals surface area contributed by atoms with E-state index in [1.165, 1.54) is 66.4 Å². The van der Waals surface area contributed by atoms with Crippen molar-refractivity contribution >= 4 is 22.4 Å². The Morgan fingerprint density at radius 3 is 2.26 bits per heavy atom. The van der Waals surface area contributed by atoms with Gasteiger partial charge in [0.05, 0.1) is 11.6 Å². The highest BCUT2D eigenvalue weighted by Crippen LogP contribution is 2.52. The third-order valence-electron chi connectivity index (χ3n) is 9.06. The zero-order valence-corrected chi connectivity index (χ0v) is 24.9. The molecular formula is C42H33N. The van der Waals surface area contributed by atoms with E-state index in [1.54, 1.807) is 0 Å². The van der Waals surface area contributed by atoms with E-state index >= 15 is 0 Å². The van der Waals surface area contributed by atoms with E-state index in [1.807, 2.05) is 18.2 Å². The monoisotopic (exact) mass is 551 g/mol. The lowest BCUT2D eigenvalue weighted by Crippen LogP contribution is -2.15. The number of rotatable bonds is 5. The second-order valence-corrected chi connectivity index (χ2v) is 12.2. The summed E-state index contributed by atoms with van der Waals surface area (Å²) in [5.74, 6) is 0. The molecule has 0 amide bonds. The normalized spacial score (nSPS) is 13.4. The average Bonchev–Trinajstić information content (AvgIpc) is 3.27. The Morgan fingerprint density at radius 2 is 1.44 bits per heavy atom. The van der Waals surface area contributed by atoms with E-state index in [2.05, 4.69) is 142 Å². The predicted octanol–water partition coefficient (Wildman–Crippen LogP) is 10.8. The first-order valence-electron chi connectivity index (χ1n) is 15.0. The number of aryl methyl sites for hydroxylation is 1. The molecule has 0 aromatic heterocycles. The van der Waals surface area contributed by atoms with Crippen LogP contribution >= 0.6 is 0 Å². The summed E-state index contributed by atoms with van der Waals surface area (Å²) in [7, 11) is 0. The molecule has 1 aliphatic rings. The molecule has 0 N–H and O–H groups in total. The summed E-state index contributed by atoms with van der Waals surface area (Å²) in [5.41, 5.74) is 14.6. The maximum Gasteiger partial charge on any atom is 0.0991 e. The number of allylic oxidation sites excluding steroid dienone is 1. The molecule has 43 heavy (non-hydrogen) atoms. The molecule has 6 aromatic carbocycles. The molecule has 0 aliphatic heterocycles. The molecule has 6 aromatic rings. The third-order valence-corrected chi connectivity index (χ3v) is 9.06. The van der Waals surface area contributed by atoms with Crippen LogP contribution in [0, 0.1) is 18.3 Å². The molecule has 0 bridgehead atoms. The first-order chi connectivity index (χ1) is 20.9. The van der Waals surface area contributed by atoms with Crippen molar-refractivity contribution in [2.45, 2.75) is 32.6 Å². The number of fused-ring (bicyclic) bond motifs is 5. The quantitative estimate of drug-likeness (QED) is 0.196. The van der Waals surface area contributed by atoms with Gasteiger partial charge in [0.15, 0.2) is 0 Å². The van der Waals surface area contributed by atoms with Crippen molar-refractivity contribution in [2.24, 2.45) is 0 Å². The standard InChI is InChI=1S/C42H33N/c1-28-22-40-41(37-19-10-7-16-34(28)37)38-21-20-30(26-39(38)42(40,2)3)25-33(24-29-12-11-13-31(23-29)27-43)36-18-9-8-17-35(36)32-14-5-4-6-15-32/h4-23,25-26H,24H2,1-3H3/b33-25-. The Bertz CT molecular complexity index is 2090. The highest BCUT2D eigenvalue weighted by atomic mass is 14.4. The van der Waals surface area contributed by atoms with Gasteiger partial charge in [-0.1, -0.05) is 135 Å². The third kappa shape index (κ3) is 4.66. The summed E-state index contributed by atoms with van der Waals surface area (Å²) in [5, 5.41) is 12.2. The molecule has 0 saturated heterocycles. The lowest BCUT2D eigenvalue weighted by atomic mass is 9.80. The Kier molecular flexibility index (Phi) is 6.56. The maximum absolute atomic E-state index is 9.57. The van der Waals surface area contributed by atoms with Crippen LogP contribution in [0.4, 0.5) is 0 Å². The Labute approximate surface area is 254 Å². The topological polar surface area (TPSA) is 23.8 Å². The minimum atomic E-state index is -0.105. The van der Waals surface area contributed by atoms with Gasteiger partial charge in [-0.05, 0) is 97.5 Å². The molecule has 0 radical (unpaired) electrons. The van der Waals surface area contributed by atoms with Crippen LogP contribution in [0.3, 0.4) is 0 Å². The smallest absolute Gasteiger partial charge is 0.0991 e. The molecule has 0 atom stereocenters. The van der Waals surface area contributed by atoms with Crippen LogP contribution < -0.4 is 0 Å². The van der Waals surface area contributed by atoms with Gasteiger partial charge in [-0.3, -0.25) is 0 Å². The summed E-state index contributed by atoms with van der Waals surface area (Å²) in [6.45, 7) is 6.95. The molecular weight excluding hydrogens is 518 g/mol. The maximum atomic E-state index is 9.57. The van der Waals surface area contributed by atoms with Crippen LogP contribution in [0.15, 0.2) is 127 Å². The van der Waals surface area contributed by atoms with Crippen molar-refractivity contribution in [3.8, 4) is 28.3 Å². The van der Waals surface area contributed by atoms with Crippen molar-refractivity contribution in [2.75, 3.05) is 0 Å². The Hall–Kier alpha value is -5.19. The van der Waals surface area contributed by atoms with Crippen molar-refractivity contribution < 1.29 is 0 Å². The first kappa shape index (κ1) is 26.7. The van der Waals surface area contributed by atoms with Crippen LogP contribution in [0.25, 0.3) is 44.7 Å². The minimum absolute atomic E-state index is 0.105. The predicted molar refractivity (Wildman–Crippen MR) is 181 cm³/mol. The lowest BCUT2D eigenvalue weighted by Gasteiger charge is -2.23. The van der Waals surface area contributed by atoms with Crippen molar-refractivity contribution in [3.63, 3.8) is 0 Å². The van der Waals surface area contributed by atoms with Gasteiger partial charge in [-0.2, -0.15) is 5.26 Å². The molecule has 1 nitrogen and oxygen atoms in total. The molecule has 0 heterocycles. The molecule has 1 heteroatoms. The molecule has 7 rings (SSSR count). The number of hydrogen-bond donors (Lipinski definition) is 0. The van der Waals surface area contributed by atoms with E-state index < -0.39 is 0 Å². The van der Waals surface area contributed by atoms with E-state index in [4.69, 9.17) is 0 Å². The van der Waals surface area contributed by atoms with Gasteiger partial charge in [0, 0.05) is 5.41 Å². The van der Waals surface area contributed by atoms with Crippen LogP contribution in [0.1, 0.15) is 52.8 Å². The first-order valence-corrected chi connectivity index (χ1v) is 15.0. The molecule has 1 aliphatic carbocycles. The van der Waals surface area contributed by atoms with Gasteiger partial charge in [-0.25, -0.2) is 0 Å². The van der Waals surface area contributed by atoms with Gasteiger partial charge >= 0.3 is 0 Å². The average molecular weight is 552 g/mol. The lowest BCUT2D eigenvalue weighted by molar-refractivity contribution is 0.660. The summed E-state index contributed by atoms with van der Waals surface area (Å²) >= 11 is 0. The Balaban J connectivity index is 1.40. The van der Waals surface area contributed by atoms with Crippen molar-refractivity contribution in [1.82, 2.24) is 0 Å². The minimum Gasteiger partial charge on any atom is -0.192 e. The molecule has 0 saturated carbocycles. The largest absolute Gasteiger partial charge is 0.192 e.